The van der Waals surface area contributed by atoms with Crippen molar-refractivity contribution in [2.45, 2.75) is 78.2 Å². The van der Waals surface area contributed by atoms with Crippen molar-refractivity contribution in [2.24, 2.45) is 11.7 Å². The number of nitrogens with zero attached hydrogens (tertiary/aromatic N) is 1. The van der Waals surface area contributed by atoms with E-state index in [0.717, 1.165) is 12.5 Å². The Kier molecular flexibility index (Phi) is 11.9. The Morgan fingerprint density at radius 2 is 1.50 bits per heavy atom. The smallest absolute Gasteiger partial charge is 0.0215 e. The highest BCUT2D eigenvalue weighted by Gasteiger charge is 2.13. The lowest BCUT2D eigenvalue weighted by Crippen LogP contribution is -2.39. The lowest BCUT2D eigenvalue weighted by Gasteiger charge is -2.28. The van der Waals surface area contributed by atoms with Crippen LogP contribution in [0.4, 0.5) is 0 Å². The van der Waals surface area contributed by atoms with E-state index in [1.807, 2.05) is 0 Å². The molecular formula is C16H36N2. The molecule has 1 atom stereocenters. The van der Waals surface area contributed by atoms with Crippen molar-refractivity contribution in [1.82, 2.24) is 4.90 Å². The molecule has 0 saturated carbocycles. The third-order valence-electron chi connectivity index (χ3n) is 3.69. The molecule has 110 valence electrons. The molecule has 0 saturated heterocycles. The minimum absolute atomic E-state index is 0.586. The van der Waals surface area contributed by atoms with Crippen LogP contribution in [-0.2, 0) is 0 Å². The molecule has 0 aromatic rings. The Labute approximate surface area is 115 Å². The second-order valence-electron chi connectivity index (χ2n) is 6.13. The van der Waals surface area contributed by atoms with E-state index in [4.69, 9.17) is 5.73 Å². The number of hydrogen-bond acceptors (Lipinski definition) is 2. The average molecular weight is 256 g/mol. The summed E-state index contributed by atoms with van der Waals surface area (Å²) in [5.41, 5.74) is 5.89. The van der Waals surface area contributed by atoms with Gasteiger partial charge in [0.1, 0.15) is 0 Å². The number of nitrogens with two attached hydrogens (primary N) is 1. The van der Waals surface area contributed by atoms with Crippen LogP contribution in [0.1, 0.15) is 72.1 Å². The first-order chi connectivity index (χ1) is 8.61. The van der Waals surface area contributed by atoms with Gasteiger partial charge >= 0.3 is 0 Å². The van der Waals surface area contributed by atoms with Crippen LogP contribution in [0.25, 0.3) is 0 Å². The minimum atomic E-state index is 0.586. The zero-order valence-corrected chi connectivity index (χ0v) is 13.3. The van der Waals surface area contributed by atoms with E-state index in [-0.39, 0.29) is 0 Å². The molecule has 0 rings (SSSR count). The van der Waals surface area contributed by atoms with E-state index in [9.17, 15) is 0 Å². The van der Waals surface area contributed by atoms with Gasteiger partial charge in [-0.2, -0.15) is 0 Å². The summed E-state index contributed by atoms with van der Waals surface area (Å²) < 4.78 is 0. The molecule has 2 nitrogen and oxygen atoms in total. The largest absolute Gasteiger partial charge is 0.329 e. The zero-order valence-electron chi connectivity index (χ0n) is 13.3. The fourth-order valence-corrected chi connectivity index (χ4v) is 2.58. The van der Waals surface area contributed by atoms with Gasteiger partial charge in [-0.05, 0) is 19.4 Å². The molecule has 0 bridgehead atoms. The van der Waals surface area contributed by atoms with Gasteiger partial charge in [0, 0.05) is 19.1 Å². The minimum Gasteiger partial charge on any atom is -0.329 e. The molecule has 0 aliphatic heterocycles. The highest BCUT2D eigenvalue weighted by Crippen LogP contribution is 2.12. The molecule has 0 aromatic heterocycles. The predicted octanol–water partition coefficient (Wildman–Crippen LogP) is 4.04. The Balaban J connectivity index is 3.55. The number of likely N-dealkylation sites (N-methyl/N-ethyl adjacent to an activating group) is 1. The standard InChI is InChI=1S/C16H36N2/c1-5-6-7-8-9-10-11-12-16(13-17)18(4)14-15(2)3/h15-16H,5-14,17H2,1-4H3. The van der Waals surface area contributed by atoms with Gasteiger partial charge in [0.15, 0.2) is 0 Å². The van der Waals surface area contributed by atoms with E-state index in [2.05, 4.69) is 32.7 Å². The molecule has 2 N–H and O–H groups in total. The average Bonchev–Trinajstić information content (AvgIpc) is 2.31. The third-order valence-corrected chi connectivity index (χ3v) is 3.69. The normalized spacial score (nSPS) is 13.5. The molecule has 0 aromatic carbocycles. The zero-order chi connectivity index (χ0) is 13.8. The molecular weight excluding hydrogens is 220 g/mol. The summed E-state index contributed by atoms with van der Waals surface area (Å²) in [7, 11) is 2.22. The van der Waals surface area contributed by atoms with Crippen LogP contribution in [0.5, 0.6) is 0 Å². The summed E-state index contributed by atoms with van der Waals surface area (Å²) in [6, 6.07) is 0.586. The van der Waals surface area contributed by atoms with Gasteiger partial charge < -0.3 is 10.6 Å². The van der Waals surface area contributed by atoms with E-state index >= 15 is 0 Å². The van der Waals surface area contributed by atoms with Crippen LogP contribution in [0, 0.1) is 5.92 Å². The SMILES string of the molecule is CCCCCCCCCC(CN)N(C)CC(C)C. The van der Waals surface area contributed by atoms with E-state index < -0.39 is 0 Å². The van der Waals surface area contributed by atoms with Gasteiger partial charge in [-0.1, -0.05) is 65.7 Å². The van der Waals surface area contributed by atoms with Crippen molar-refractivity contribution in [1.29, 1.82) is 0 Å². The van der Waals surface area contributed by atoms with Crippen molar-refractivity contribution in [3.8, 4) is 0 Å². The summed E-state index contributed by atoms with van der Waals surface area (Å²) in [5, 5.41) is 0. The highest BCUT2D eigenvalue weighted by atomic mass is 15.1. The maximum absolute atomic E-state index is 5.89. The monoisotopic (exact) mass is 256 g/mol. The molecule has 0 aliphatic rings. The second-order valence-corrected chi connectivity index (χ2v) is 6.13. The van der Waals surface area contributed by atoms with E-state index in [1.165, 1.54) is 57.9 Å². The van der Waals surface area contributed by atoms with Gasteiger partial charge in [0.2, 0.25) is 0 Å². The number of unbranched alkanes of at least 4 members (excludes halogenated alkanes) is 6. The number of hydrogen-bond donors (Lipinski definition) is 1. The summed E-state index contributed by atoms with van der Waals surface area (Å²) >= 11 is 0. The van der Waals surface area contributed by atoms with E-state index in [1.54, 1.807) is 0 Å². The van der Waals surface area contributed by atoms with E-state index in [0.29, 0.717) is 6.04 Å². The van der Waals surface area contributed by atoms with Gasteiger partial charge in [0.05, 0.1) is 0 Å². The van der Waals surface area contributed by atoms with Crippen LogP contribution < -0.4 is 5.73 Å². The van der Waals surface area contributed by atoms with Gasteiger partial charge in [-0.15, -0.1) is 0 Å². The van der Waals surface area contributed by atoms with Gasteiger partial charge in [0.25, 0.3) is 0 Å². The maximum atomic E-state index is 5.89. The topological polar surface area (TPSA) is 29.3 Å². The predicted molar refractivity (Wildman–Crippen MR) is 82.9 cm³/mol. The molecule has 0 fully saturated rings. The van der Waals surface area contributed by atoms with Crippen LogP contribution in [0.2, 0.25) is 0 Å². The summed E-state index contributed by atoms with van der Waals surface area (Å²) in [5.74, 6) is 0.734. The summed E-state index contributed by atoms with van der Waals surface area (Å²) in [6.07, 6.45) is 11.0. The first-order valence-corrected chi connectivity index (χ1v) is 8.02. The first-order valence-electron chi connectivity index (χ1n) is 8.02. The fraction of sp³-hybridized carbons (Fsp3) is 1.00. The van der Waals surface area contributed by atoms with Crippen molar-refractivity contribution in [2.75, 3.05) is 20.1 Å². The lowest BCUT2D eigenvalue weighted by molar-refractivity contribution is 0.208. The maximum Gasteiger partial charge on any atom is 0.0215 e. The molecule has 0 heterocycles. The summed E-state index contributed by atoms with van der Waals surface area (Å²) in [6.45, 7) is 8.80. The Bertz CT molecular complexity index is 168. The van der Waals surface area contributed by atoms with Gasteiger partial charge in [-0.3, -0.25) is 0 Å². The molecule has 0 aliphatic carbocycles. The molecule has 18 heavy (non-hydrogen) atoms. The van der Waals surface area contributed by atoms with Crippen LogP contribution >= 0.6 is 0 Å². The van der Waals surface area contributed by atoms with Crippen LogP contribution in [0.3, 0.4) is 0 Å². The Morgan fingerprint density at radius 1 is 0.944 bits per heavy atom. The van der Waals surface area contributed by atoms with Crippen LogP contribution in [0.15, 0.2) is 0 Å². The molecule has 1 unspecified atom stereocenters. The molecule has 0 amide bonds. The Morgan fingerprint density at radius 3 is 2.00 bits per heavy atom. The summed E-state index contributed by atoms with van der Waals surface area (Å²) in [4.78, 5) is 2.45. The highest BCUT2D eigenvalue weighted by molar-refractivity contribution is 4.70. The van der Waals surface area contributed by atoms with Crippen molar-refractivity contribution in [3.05, 3.63) is 0 Å². The molecule has 0 radical (unpaired) electrons. The first kappa shape index (κ1) is 17.9. The van der Waals surface area contributed by atoms with Crippen molar-refractivity contribution < 1.29 is 0 Å². The van der Waals surface area contributed by atoms with Gasteiger partial charge in [-0.25, -0.2) is 0 Å². The Hall–Kier alpha value is -0.0800. The van der Waals surface area contributed by atoms with Crippen molar-refractivity contribution in [3.63, 3.8) is 0 Å². The number of rotatable bonds is 12. The molecule has 2 heteroatoms. The lowest BCUT2D eigenvalue weighted by atomic mass is 10.0. The van der Waals surface area contributed by atoms with Crippen molar-refractivity contribution >= 4 is 0 Å². The quantitative estimate of drug-likeness (QED) is 0.534. The van der Waals surface area contributed by atoms with Crippen LogP contribution in [-0.4, -0.2) is 31.1 Å². The molecule has 0 spiro atoms. The second kappa shape index (κ2) is 12.0. The third kappa shape index (κ3) is 9.90. The fourth-order valence-electron chi connectivity index (χ4n) is 2.58.